The maximum atomic E-state index is 12.9. The molecule has 0 bridgehead atoms. The van der Waals surface area contributed by atoms with Gasteiger partial charge in [0.25, 0.3) is 0 Å². The number of ketones is 1. The molecule has 2 unspecified atom stereocenters. The fraction of sp³-hybridized carbons (Fsp3) is 0.143. The molecule has 2 heterocycles. The first-order valence-electron chi connectivity index (χ1n) is 8.44. The molecule has 4 rings (SSSR count). The van der Waals surface area contributed by atoms with Gasteiger partial charge in [0.2, 0.25) is 5.78 Å². The maximum Gasteiger partial charge on any atom is 0.350 e. The summed E-state index contributed by atoms with van der Waals surface area (Å²) in [5, 5.41) is 3.94. The van der Waals surface area contributed by atoms with Crippen LogP contribution in [0.1, 0.15) is 27.5 Å². The molecule has 1 aliphatic rings. The summed E-state index contributed by atoms with van der Waals surface area (Å²) in [5.41, 5.74) is 2.04. The van der Waals surface area contributed by atoms with E-state index in [1.807, 2.05) is 43.3 Å². The normalized spacial score (nSPS) is 16.5. The molecular formula is C21H16ClNO4. The van der Waals surface area contributed by atoms with Crippen molar-refractivity contribution in [2.45, 2.75) is 19.1 Å². The molecule has 0 saturated carbocycles. The van der Waals surface area contributed by atoms with Gasteiger partial charge in [-0.1, -0.05) is 41.4 Å². The summed E-state index contributed by atoms with van der Waals surface area (Å²) in [6.45, 7) is 2.00. The van der Waals surface area contributed by atoms with E-state index in [-0.39, 0.29) is 11.3 Å². The summed E-state index contributed by atoms with van der Waals surface area (Å²) in [5.74, 6) is -0.162. The zero-order valence-corrected chi connectivity index (χ0v) is 15.2. The molecule has 6 heteroatoms. The van der Waals surface area contributed by atoms with Crippen LogP contribution in [0.25, 0.3) is 0 Å². The monoisotopic (exact) mass is 381 g/mol. The molecule has 3 aromatic rings. The molecule has 0 amide bonds. The van der Waals surface area contributed by atoms with Crippen molar-refractivity contribution in [1.29, 1.82) is 0 Å². The molecule has 5 nitrogen and oxygen atoms in total. The standard InChI is InChI=1S/C21H16ClNO4/c1-12-2-8-15(9-3-12)23-18(13-4-6-14(22)7-5-13)20-19(24)17-16(27-20)10-11-26-21(17)25/h2-11,18,20,23H,1H3. The van der Waals surface area contributed by atoms with E-state index in [1.165, 1.54) is 12.3 Å². The second-order valence-electron chi connectivity index (χ2n) is 6.39. The molecule has 1 aromatic heterocycles. The number of hydrogen-bond acceptors (Lipinski definition) is 5. The Labute approximate surface area is 160 Å². The molecule has 0 saturated heterocycles. The first-order chi connectivity index (χ1) is 13.0. The molecule has 0 aliphatic carbocycles. The van der Waals surface area contributed by atoms with Gasteiger partial charge in [-0.25, -0.2) is 4.79 Å². The topological polar surface area (TPSA) is 68.5 Å². The highest BCUT2D eigenvalue weighted by molar-refractivity contribution is 6.30. The number of aryl methyl sites for hydroxylation is 1. The lowest BCUT2D eigenvalue weighted by Gasteiger charge is -2.25. The molecule has 1 aliphatic heterocycles. The van der Waals surface area contributed by atoms with Crippen LogP contribution in [0.2, 0.25) is 5.02 Å². The number of carbonyl (C=O) groups is 1. The van der Waals surface area contributed by atoms with Crippen LogP contribution in [0.4, 0.5) is 5.69 Å². The molecular weight excluding hydrogens is 366 g/mol. The lowest BCUT2D eigenvalue weighted by atomic mass is 9.96. The van der Waals surface area contributed by atoms with Crippen LogP contribution in [-0.2, 0) is 0 Å². The van der Waals surface area contributed by atoms with Crippen molar-refractivity contribution in [3.05, 3.63) is 93.0 Å². The lowest BCUT2D eigenvalue weighted by molar-refractivity contribution is 0.0830. The number of hydrogen-bond donors (Lipinski definition) is 1. The van der Waals surface area contributed by atoms with Gasteiger partial charge in [0.1, 0.15) is 11.3 Å². The molecule has 0 fully saturated rings. The van der Waals surface area contributed by atoms with Crippen LogP contribution in [-0.4, -0.2) is 11.9 Å². The minimum Gasteiger partial charge on any atom is -0.479 e. The van der Waals surface area contributed by atoms with Gasteiger partial charge in [0, 0.05) is 16.8 Å². The second kappa shape index (κ2) is 6.93. The predicted octanol–water partition coefficient (Wildman–Crippen LogP) is 4.40. The van der Waals surface area contributed by atoms with Crippen LogP contribution in [0.3, 0.4) is 0 Å². The van der Waals surface area contributed by atoms with E-state index >= 15 is 0 Å². The molecule has 136 valence electrons. The Kier molecular flexibility index (Phi) is 4.46. The van der Waals surface area contributed by atoms with E-state index < -0.39 is 23.6 Å². The molecule has 1 N–H and O–H groups in total. The summed E-state index contributed by atoms with van der Waals surface area (Å²) in [6.07, 6.45) is 0.328. The smallest absolute Gasteiger partial charge is 0.350 e. The number of halogens is 1. The maximum absolute atomic E-state index is 12.9. The number of ether oxygens (including phenoxy) is 1. The summed E-state index contributed by atoms with van der Waals surface area (Å²) in [4.78, 5) is 24.9. The average molecular weight is 382 g/mol. The van der Waals surface area contributed by atoms with E-state index in [2.05, 4.69) is 5.32 Å². The van der Waals surface area contributed by atoms with Gasteiger partial charge in [-0.2, -0.15) is 0 Å². The van der Waals surface area contributed by atoms with Gasteiger partial charge >= 0.3 is 5.63 Å². The molecule has 2 aromatic carbocycles. The Balaban J connectivity index is 1.73. The molecule has 0 radical (unpaired) electrons. The highest BCUT2D eigenvalue weighted by Crippen LogP contribution is 2.34. The van der Waals surface area contributed by atoms with Crippen molar-refractivity contribution in [2.75, 3.05) is 5.32 Å². The van der Waals surface area contributed by atoms with Crippen LogP contribution < -0.4 is 15.7 Å². The summed E-state index contributed by atoms with van der Waals surface area (Å²) in [6, 6.07) is 15.9. The number of Topliss-reactive ketones (excluding diaryl/α,β-unsaturated/α-hetero) is 1. The molecule has 27 heavy (non-hydrogen) atoms. The van der Waals surface area contributed by atoms with E-state index in [4.69, 9.17) is 20.8 Å². The quantitative estimate of drug-likeness (QED) is 0.725. The van der Waals surface area contributed by atoms with Crippen molar-refractivity contribution in [3.8, 4) is 5.75 Å². The average Bonchev–Trinajstić information content (AvgIpc) is 3.00. The van der Waals surface area contributed by atoms with Crippen molar-refractivity contribution >= 4 is 23.1 Å². The zero-order valence-electron chi connectivity index (χ0n) is 14.4. The van der Waals surface area contributed by atoms with Gasteiger partial charge in [-0.15, -0.1) is 0 Å². The molecule has 0 spiro atoms. The number of rotatable bonds is 4. The molecule has 2 atom stereocenters. The van der Waals surface area contributed by atoms with Crippen molar-refractivity contribution in [1.82, 2.24) is 0 Å². The Hall–Kier alpha value is -3.05. The predicted molar refractivity (Wildman–Crippen MR) is 103 cm³/mol. The highest BCUT2D eigenvalue weighted by atomic mass is 35.5. The van der Waals surface area contributed by atoms with Gasteiger partial charge in [-0.05, 0) is 36.8 Å². The number of benzene rings is 2. The largest absolute Gasteiger partial charge is 0.479 e. The number of nitrogens with one attached hydrogen (secondary N) is 1. The first kappa shape index (κ1) is 17.4. The fourth-order valence-electron chi connectivity index (χ4n) is 3.11. The van der Waals surface area contributed by atoms with E-state index in [0.29, 0.717) is 5.02 Å². The Bertz CT molecular complexity index is 1040. The SMILES string of the molecule is Cc1ccc(NC(c2ccc(Cl)cc2)C2Oc3ccoc(=O)c3C2=O)cc1. The number of fused-ring (bicyclic) bond motifs is 1. The third kappa shape index (κ3) is 3.34. The van der Waals surface area contributed by atoms with Crippen molar-refractivity contribution in [2.24, 2.45) is 0 Å². The Morgan fingerprint density at radius 3 is 2.37 bits per heavy atom. The first-order valence-corrected chi connectivity index (χ1v) is 8.82. The minimum atomic E-state index is -0.896. The van der Waals surface area contributed by atoms with E-state index in [1.54, 1.807) is 12.1 Å². The van der Waals surface area contributed by atoms with Gasteiger partial charge < -0.3 is 14.5 Å². The van der Waals surface area contributed by atoms with Gasteiger partial charge in [0.15, 0.2) is 6.10 Å². The highest BCUT2D eigenvalue weighted by Gasteiger charge is 2.41. The summed E-state index contributed by atoms with van der Waals surface area (Å²) >= 11 is 6.00. The summed E-state index contributed by atoms with van der Waals surface area (Å²) < 4.78 is 10.7. The van der Waals surface area contributed by atoms with E-state index in [9.17, 15) is 9.59 Å². The van der Waals surface area contributed by atoms with Crippen LogP contribution >= 0.6 is 11.6 Å². The Morgan fingerprint density at radius 1 is 1.00 bits per heavy atom. The third-order valence-electron chi connectivity index (χ3n) is 4.51. The minimum absolute atomic E-state index is 0.0489. The van der Waals surface area contributed by atoms with Gasteiger partial charge in [0.05, 0.1) is 12.3 Å². The van der Waals surface area contributed by atoms with Gasteiger partial charge in [-0.3, -0.25) is 4.79 Å². The zero-order chi connectivity index (χ0) is 19.0. The second-order valence-corrected chi connectivity index (χ2v) is 6.83. The number of anilines is 1. The lowest BCUT2D eigenvalue weighted by Crippen LogP contribution is -2.34. The Morgan fingerprint density at radius 2 is 1.70 bits per heavy atom. The van der Waals surface area contributed by atoms with Crippen LogP contribution in [0, 0.1) is 6.92 Å². The van der Waals surface area contributed by atoms with Crippen LogP contribution in [0.15, 0.2) is 70.1 Å². The van der Waals surface area contributed by atoms with Crippen molar-refractivity contribution < 1.29 is 13.9 Å². The van der Waals surface area contributed by atoms with E-state index in [0.717, 1.165) is 16.8 Å². The fourth-order valence-corrected chi connectivity index (χ4v) is 3.23. The number of carbonyl (C=O) groups excluding carboxylic acids is 1. The van der Waals surface area contributed by atoms with Crippen LogP contribution in [0.5, 0.6) is 5.75 Å². The van der Waals surface area contributed by atoms with Crippen molar-refractivity contribution in [3.63, 3.8) is 0 Å². The third-order valence-corrected chi connectivity index (χ3v) is 4.76. The summed E-state index contributed by atoms with van der Waals surface area (Å²) in [7, 11) is 0.